The standard InChI is InChI=1S/C21H30Si/c1-14-12-15-8-5-6-9-17(15)19-13-20(22(2,3)4)18-11-7-10-16(14)21(18)19/h5-6,8-9,16,18-21H,1,7,10-13H2,2-4H3. The van der Waals surface area contributed by atoms with E-state index >= 15 is 0 Å². The first-order chi connectivity index (χ1) is 10.5. The molecule has 0 bridgehead atoms. The third-order valence-electron chi connectivity index (χ3n) is 7.01. The minimum absolute atomic E-state index is 0.803. The average molecular weight is 311 g/mol. The van der Waals surface area contributed by atoms with Crippen LogP contribution in [0, 0.1) is 17.8 Å². The lowest BCUT2D eigenvalue weighted by Crippen LogP contribution is -2.36. The van der Waals surface area contributed by atoms with Gasteiger partial charge < -0.3 is 0 Å². The summed E-state index contributed by atoms with van der Waals surface area (Å²) in [5.41, 5.74) is 5.83. The zero-order chi connectivity index (χ0) is 15.5. The molecule has 118 valence electrons. The third-order valence-corrected chi connectivity index (χ3v) is 9.90. The quantitative estimate of drug-likeness (QED) is 0.439. The molecule has 0 saturated heterocycles. The van der Waals surface area contributed by atoms with E-state index in [0.29, 0.717) is 0 Å². The Morgan fingerprint density at radius 1 is 1.05 bits per heavy atom. The van der Waals surface area contributed by atoms with Gasteiger partial charge in [-0.1, -0.05) is 68.9 Å². The van der Waals surface area contributed by atoms with E-state index in [9.17, 15) is 0 Å². The van der Waals surface area contributed by atoms with E-state index in [1.807, 2.05) is 0 Å². The second-order valence-electron chi connectivity index (χ2n) is 9.13. The largest absolute Gasteiger partial charge is 0.0992 e. The van der Waals surface area contributed by atoms with Crippen LogP contribution in [0.25, 0.3) is 0 Å². The van der Waals surface area contributed by atoms with Crippen molar-refractivity contribution in [3.63, 3.8) is 0 Å². The van der Waals surface area contributed by atoms with Crippen molar-refractivity contribution in [1.29, 1.82) is 0 Å². The van der Waals surface area contributed by atoms with E-state index in [1.54, 1.807) is 16.7 Å². The van der Waals surface area contributed by atoms with Gasteiger partial charge in [0, 0.05) is 8.07 Å². The Morgan fingerprint density at radius 2 is 1.82 bits per heavy atom. The van der Waals surface area contributed by atoms with Gasteiger partial charge in [0.25, 0.3) is 0 Å². The summed E-state index contributed by atoms with van der Waals surface area (Å²) < 4.78 is 0. The van der Waals surface area contributed by atoms with Gasteiger partial charge in [-0.05, 0) is 59.6 Å². The molecule has 2 fully saturated rings. The van der Waals surface area contributed by atoms with Crippen molar-refractivity contribution in [3.05, 3.63) is 47.5 Å². The maximum absolute atomic E-state index is 4.55. The molecule has 3 aliphatic rings. The molecule has 0 heterocycles. The summed E-state index contributed by atoms with van der Waals surface area (Å²) in [6.07, 6.45) is 6.93. The molecular weight excluding hydrogens is 280 g/mol. The number of fused-ring (bicyclic) bond motifs is 2. The molecule has 3 aliphatic carbocycles. The molecule has 0 N–H and O–H groups in total. The van der Waals surface area contributed by atoms with Crippen LogP contribution in [-0.2, 0) is 6.42 Å². The molecule has 4 rings (SSSR count). The van der Waals surface area contributed by atoms with Crippen LogP contribution >= 0.6 is 0 Å². The highest BCUT2D eigenvalue weighted by atomic mass is 28.3. The summed E-state index contributed by atoms with van der Waals surface area (Å²) in [5.74, 6) is 3.51. The molecule has 5 atom stereocenters. The molecular formula is C21H30Si. The monoisotopic (exact) mass is 310 g/mol. The summed E-state index contributed by atoms with van der Waals surface area (Å²) in [4.78, 5) is 0. The fourth-order valence-electron chi connectivity index (χ4n) is 6.15. The zero-order valence-corrected chi connectivity index (χ0v) is 15.4. The number of benzene rings is 1. The number of hydrogen-bond donors (Lipinski definition) is 0. The maximum Gasteiger partial charge on any atom is 0.0476 e. The second kappa shape index (κ2) is 5.09. The lowest BCUT2D eigenvalue weighted by Gasteiger charge is -2.40. The van der Waals surface area contributed by atoms with Crippen LogP contribution in [-0.4, -0.2) is 8.07 Å². The van der Waals surface area contributed by atoms with Gasteiger partial charge in [-0.25, -0.2) is 0 Å². The van der Waals surface area contributed by atoms with Crippen molar-refractivity contribution in [2.75, 3.05) is 0 Å². The molecule has 1 aromatic rings. The fraction of sp³-hybridized carbons (Fsp3) is 0.619. The van der Waals surface area contributed by atoms with Crippen molar-refractivity contribution in [3.8, 4) is 0 Å². The Kier molecular flexibility index (Phi) is 3.41. The number of hydrogen-bond acceptors (Lipinski definition) is 0. The van der Waals surface area contributed by atoms with E-state index in [4.69, 9.17) is 0 Å². The van der Waals surface area contributed by atoms with Crippen LogP contribution in [0.3, 0.4) is 0 Å². The summed E-state index contributed by atoms with van der Waals surface area (Å²) in [6, 6.07) is 9.30. The Morgan fingerprint density at radius 3 is 2.59 bits per heavy atom. The molecule has 0 aromatic heterocycles. The summed E-state index contributed by atoms with van der Waals surface area (Å²) in [6.45, 7) is 12.4. The number of allylic oxidation sites excluding steroid dienone is 1. The Hall–Kier alpha value is -0.823. The summed E-state index contributed by atoms with van der Waals surface area (Å²) >= 11 is 0. The van der Waals surface area contributed by atoms with E-state index in [1.165, 1.54) is 25.7 Å². The highest BCUT2D eigenvalue weighted by Crippen LogP contribution is 2.63. The summed E-state index contributed by atoms with van der Waals surface area (Å²) in [5, 5.41) is 0. The van der Waals surface area contributed by atoms with Gasteiger partial charge in [0.1, 0.15) is 0 Å². The first-order valence-electron chi connectivity index (χ1n) is 9.22. The minimum atomic E-state index is -1.08. The molecule has 5 unspecified atom stereocenters. The molecule has 0 spiro atoms. The highest BCUT2D eigenvalue weighted by Gasteiger charge is 2.53. The van der Waals surface area contributed by atoms with Crippen molar-refractivity contribution in [2.45, 2.75) is 63.2 Å². The average Bonchev–Trinajstić information content (AvgIpc) is 2.81. The lowest BCUT2D eigenvalue weighted by molar-refractivity contribution is 0.194. The van der Waals surface area contributed by atoms with E-state index in [-0.39, 0.29) is 0 Å². The molecule has 0 amide bonds. The second-order valence-corrected chi connectivity index (χ2v) is 14.6. The van der Waals surface area contributed by atoms with Gasteiger partial charge in [-0.15, -0.1) is 0 Å². The molecule has 0 nitrogen and oxygen atoms in total. The Balaban J connectivity index is 1.83. The molecule has 2 saturated carbocycles. The van der Waals surface area contributed by atoms with Gasteiger partial charge >= 0.3 is 0 Å². The maximum atomic E-state index is 4.55. The third kappa shape index (κ3) is 2.16. The Bertz CT molecular complexity index is 594. The van der Waals surface area contributed by atoms with Crippen LogP contribution in [0.4, 0.5) is 0 Å². The van der Waals surface area contributed by atoms with Crippen LogP contribution < -0.4 is 0 Å². The van der Waals surface area contributed by atoms with E-state index in [0.717, 1.165) is 35.6 Å². The van der Waals surface area contributed by atoms with Gasteiger partial charge in [0.15, 0.2) is 0 Å². The first kappa shape index (κ1) is 14.7. The summed E-state index contributed by atoms with van der Waals surface area (Å²) in [7, 11) is -1.08. The van der Waals surface area contributed by atoms with Crippen LogP contribution in [0.15, 0.2) is 36.4 Å². The van der Waals surface area contributed by atoms with E-state index in [2.05, 4.69) is 50.5 Å². The van der Waals surface area contributed by atoms with Crippen molar-refractivity contribution in [1.82, 2.24) is 0 Å². The topological polar surface area (TPSA) is 0 Å². The molecule has 1 heteroatoms. The van der Waals surface area contributed by atoms with Gasteiger partial charge in [0.05, 0.1) is 0 Å². The van der Waals surface area contributed by atoms with Crippen LogP contribution in [0.5, 0.6) is 0 Å². The predicted octanol–water partition coefficient (Wildman–Crippen LogP) is 6.03. The predicted molar refractivity (Wildman–Crippen MR) is 98.1 cm³/mol. The van der Waals surface area contributed by atoms with Crippen LogP contribution in [0.2, 0.25) is 25.2 Å². The van der Waals surface area contributed by atoms with Gasteiger partial charge in [-0.2, -0.15) is 0 Å². The van der Waals surface area contributed by atoms with Gasteiger partial charge in [0.2, 0.25) is 0 Å². The van der Waals surface area contributed by atoms with Crippen molar-refractivity contribution in [2.24, 2.45) is 17.8 Å². The molecule has 0 radical (unpaired) electrons. The SMILES string of the molecule is C=C1Cc2ccccc2C2CC([Si](C)(C)C)C3CCCC1C23. The van der Waals surface area contributed by atoms with Crippen molar-refractivity contribution < 1.29 is 0 Å². The highest BCUT2D eigenvalue weighted by molar-refractivity contribution is 6.77. The van der Waals surface area contributed by atoms with Crippen molar-refractivity contribution >= 4 is 8.07 Å². The minimum Gasteiger partial charge on any atom is -0.0992 e. The van der Waals surface area contributed by atoms with Gasteiger partial charge in [-0.3, -0.25) is 0 Å². The Labute approximate surface area is 137 Å². The lowest BCUT2D eigenvalue weighted by atomic mass is 9.68. The molecule has 1 aromatic carbocycles. The number of rotatable bonds is 1. The van der Waals surface area contributed by atoms with E-state index < -0.39 is 8.07 Å². The van der Waals surface area contributed by atoms with Crippen LogP contribution in [0.1, 0.15) is 42.7 Å². The normalized spacial score (nSPS) is 37.4. The fourth-order valence-corrected chi connectivity index (χ4v) is 8.78. The smallest absolute Gasteiger partial charge is 0.0476 e. The zero-order valence-electron chi connectivity index (χ0n) is 14.4. The molecule has 22 heavy (non-hydrogen) atoms. The molecule has 0 aliphatic heterocycles. The first-order valence-corrected chi connectivity index (χ1v) is 12.8.